The van der Waals surface area contributed by atoms with Gasteiger partial charge in [-0.05, 0) is 48.2 Å². The number of nitrogens with one attached hydrogen (secondary N) is 1. The van der Waals surface area contributed by atoms with E-state index < -0.39 is 0 Å². The first kappa shape index (κ1) is 13.6. The van der Waals surface area contributed by atoms with Crippen molar-refractivity contribution >= 4 is 11.6 Å². The van der Waals surface area contributed by atoms with E-state index in [1.807, 2.05) is 0 Å². The van der Waals surface area contributed by atoms with Gasteiger partial charge in [0.05, 0.1) is 7.11 Å². The molecule has 1 aliphatic carbocycles. The number of anilines is 1. The van der Waals surface area contributed by atoms with Gasteiger partial charge in [-0.15, -0.1) is 0 Å². The monoisotopic (exact) mass is 285 g/mol. The molecule has 0 saturated heterocycles. The normalized spacial score (nSPS) is 19.9. The molecular weight excluding hydrogens is 269 g/mol. The Morgan fingerprint density at radius 3 is 2.57 bits per heavy atom. The van der Waals surface area contributed by atoms with E-state index in [1.165, 1.54) is 6.07 Å². The molecule has 1 aliphatic rings. The Kier molecular flexibility index (Phi) is 3.60. The quantitative estimate of drug-likeness (QED) is 0.932. The first-order valence-electron chi connectivity index (χ1n) is 6.88. The predicted octanol–water partition coefficient (Wildman–Crippen LogP) is 3.58. The highest BCUT2D eigenvalue weighted by molar-refractivity contribution is 5.95. The number of carbonyl (C=O) groups excluding carboxylic acids is 1. The average molecular weight is 285 g/mol. The molecule has 0 spiro atoms. The number of rotatable bonds is 4. The lowest BCUT2D eigenvalue weighted by Gasteiger charge is -2.06. The Hall–Kier alpha value is -2.36. The van der Waals surface area contributed by atoms with Gasteiger partial charge in [-0.2, -0.15) is 0 Å². The van der Waals surface area contributed by atoms with Crippen molar-refractivity contribution < 1.29 is 13.9 Å². The Labute approximate surface area is 122 Å². The second kappa shape index (κ2) is 5.56. The van der Waals surface area contributed by atoms with Crippen molar-refractivity contribution in [3.05, 3.63) is 59.9 Å². The van der Waals surface area contributed by atoms with Crippen molar-refractivity contribution in [3.8, 4) is 5.75 Å². The molecule has 0 aromatic heterocycles. The van der Waals surface area contributed by atoms with Crippen LogP contribution in [0.1, 0.15) is 17.9 Å². The average Bonchev–Trinajstić information content (AvgIpc) is 3.29. The van der Waals surface area contributed by atoms with E-state index in [1.54, 1.807) is 49.6 Å². The molecule has 0 aliphatic heterocycles. The lowest BCUT2D eigenvalue weighted by molar-refractivity contribution is -0.117. The van der Waals surface area contributed by atoms with Crippen LogP contribution >= 0.6 is 0 Å². The molecule has 3 rings (SSSR count). The van der Waals surface area contributed by atoms with Crippen LogP contribution < -0.4 is 10.1 Å². The lowest BCUT2D eigenvalue weighted by atomic mass is 10.1. The molecule has 4 heteroatoms. The maximum atomic E-state index is 13.7. The number of methoxy groups -OCH3 is 1. The minimum Gasteiger partial charge on any atom is -0.497 e. The molecule has 3 nitrogen and oxygen atoms in total. The van der Waals surface area contributed by atoms with Gasteiger partial charge in [-0.3, -0.25) is 4.79 Å². The molecule has 1 N–H and O–H groups in total. The van der Waals surface area contributed by atoms with Gasteiger partial charge in [0.15, 0.2) is 0 Å². The molecule has 0 heterocycles. The summed E-state index contributed by atoms with van der Waals surface area (Å²) < 4.78 is 18.7. The maximum absolute atomic E-state index is 13.7. The molecule has 2 atom stereocenters. The summed E-state index contributed by atoms with van der Waals surface area (Å²) in [6.07, 6.45) is 0.697. The van der Waals surface area contributed by atoms with Crippen LogP contribution in [0.2, 0.25) is 0 Å². The minimum atomic E-state index is -0.234. The van der Waals surface area contributed by atoms with Crippen molar-refractivity contribution in [2.24, 2.45) is 5.92 Å². The summed E-state index contributed by atoms with van der Waals surface area (Å²) in [5, 5.41) is 2.86. The smallest absolute Gasteiger partial charge is 0.228 e. The molecule has 0 radical (unpaired) electrons. The van der Waals surface area contributed by atoms with Gasteiger partial charge >= 0.3 is 0 Å². The SMILES string of the molecule is COc1ccc(NC(=O)C2CC2c2ccccc2F)cc1. The number of hydrogen-bond acceptors (Lipinski definition) is 2. The zero-order chi connectivity index (χ0) is 14.8. The Balaban J connectivity index is 1.64. The van der Waals surface area contributed by atoms with Gasteiger partial charge in [0.25, 0.3) is 0 Å². The second-order valence-electron chi connectivity index (χ2n) is 5.19. The van der Waals surface area contributed by atoms with E-state index in [4.69, 9.17) is 4.74 Å². The van der Waals surface area contributed by atoms with E-state index in [2.05, 4.69) is 5.32 Å². The summed E-state index contributed by atoms with van der Waals surface area (Å²) in [5.41, 5.74) is 1.35. The largest absolute Gasteiger partial charge is 0.497 e. The van der Waals surface area contributed by atoms with E-state index in [-0.39, 0.29) is 23.6 Å². The topological polar surface area (TPSA) is 38.3 Å². The fourth-order valence-corrected chi connectivity index (χ4v) is 2.51. The molecule has 1 saturated carbocycles. The van der Waals surface area contributed by atoms with E-state index in [0.29, 0.717) is 12.0 Å². The zero-order valence-electron chi connectivity index (χ0n) is 11.7. The molecule has 2 aromatic rings. The minimum absolute atomic E-state index is 0.00977. The summed E-state index contributed by atoms with van der Waals surface area (Å²) >= 11 is 0. The number of carbonyl (C=O) groups is 1. The molecule has 108 valence electrons. The van der Waals surface area contributed by atoms with Crippen LogP contribution in [0.4, 0.5) is 10.1 Å². The van der Waals surface area contributed by atoms with Crippen LogP contribution in [0, 0.1) is 11.7 Å². The van der Waals surface area contributed by atoms with E-state index in [9.17, 15) is 9.18 Å². The van der Waals surface area contributed by atoms with Crippen LogP contribution in [0.5, 0.6) is 5.75 Å². The maximum Gasteiger partial charge on any atom is 0.228 e. The van der Waals surface area contributed by atoms with Crippen LogP contribution in [0.15, 0.2) is 48.5 Å². The van der Waals surface area contributed by atoms with Crippen LogP contribution in [0.3, 0.4) is 0 Å². The third-order valence-electron chi connectivity index (χ3n) is 3.79. The van der Waals surface area contributed by atoms with Crippen molar-refractivity contribution in [3.63, 3.8) is 0 Å². The molecule has 2 aromatic carbocycles. The molecule has 2 unspecified atom stereocenters. The first-order valence-corrected chi connectivity index (χ1v) is 6.88. The third kappa shape index (κ3) is 2.89. The molecule has 21 heavy (non-hydrogen) atoms. The third-order valence-corrected chi connectivity index (χ3v) is 3.79. The van der Waals surface area contributed by atoms with E-state index >= 15 is 0 Å². The van der Waals surface area contributed by atoms with Crippen molar-refractivity contribution in [2.75, 3.05) is 12.4 Å². The Morgan fingerprint density at radius 1 is 1.19 bits per heavy atom. The standard InChI is InChI=1S/C17H16FNO2/c1-21-12-8-6-11(7-9-12)19-17(20)15-10-14(15)13-4-2-3-5-16(13)18/h2-9,14-15H,10H2,1H3,(H,19,20). The highest BCUT2D eigenvalue weighted by Gasteiger charge is 2.45. The zero-order valence-corrected chi connectivity index (χ0v) is 11.7. The molecule has 1 amide bonds. The summed E-state index contributed by atoms with van der Waals surface area (Å²) in [6, 6.07) is 13.8. The van der Waals surface area contributed by atoms with Crippen LogP contribution in [-0.2, 0) is 4.79 Å². The summed E-state index contributed by atoms with van der Waals surface area (Å²) in [6.45, 7) is 0. The number of hydrogen-bond donors (Lipinski definition) is 1. The van der Waals surface area contributed by atoms with E-state index in [0.717, 1.165) is 11.4 Å². The number of benzene rings is 2. The summed E-state index contributed by atoms with van der Waals surface area (Å²) in [7, 11) is 1.59. The fraction of sp³-hybridized carbons (Fsp3) is 0.235. The summed E-state index contributed by atoms with van der Waals surface area (Å²) in [4.78, 5) is 12.2. The first-order chi connectivity index (χ1) is 10.2. The highest BCUT2D eigenvalue weighted by Crippen LogP contribution is 2.48. The Morgan fingerprint density at radius 2 is 1.90 bits per heavy atom. The van der Waals surface area contributed by atoms with Crippen LogP contribution in [-0.4, -0.2) is 13.0 Å². The number of halogens is 1. The van der Waals surface area contributed by atoms with Crippen molar-refractivity contribution in [2.45, 2.75) is 12.3 Å². The van der Waals surface area contributed by atoms with Gasteiger partial charge in [0, 0.05) is 11.6 Å². The Bertz CT molecular complexity index is 654. The van der Waals surface area contributed by atoms with Crippen molar-refractivity contribution in [1.82, 2.24) is 0 Å². The predicted molar refractivity (Wildman–Crippen MR) is 78.9 cm³/mol. The van der Waals surface area contributed by atoms with Gasteiger partial charge in [0.2, 0.25) is 5.91 Å². The van der Waals surface area contributed by atoms with Gasteiger partial charge in [-0.25, -0.2) is 4.39 Å². The molecule has 1 fully saturated rings. The number of amides is 1. The van der Waals surface area contributed by atoms with Gasteiger partial charge < -0.3 is 10.1 Å². The lowest BCUT2D eigenvalue weighted by Crippen LogP contribution is -2.14. The highest BCUT2D eigenvalue weighted by atomic mass is 19.1. The van der Waals surface area contributed by atoms with Gasteiger partial charge in [0.1, 0.15) is 11.6 Å². The second-order valence-corrected chi connectivity index (χ2v) is 5.19. The van der Waals surface area contributed by atoms with Crippen LogP contribution in [0.25, 0.3) is 0 Å². The molecular formula is C17H16FNO2. The number of ether oxygens (including phenoxy) is 1. The fourth-order valence-electron chi connectivity index (χ4n) is 2.51. The van der Waals surface area contributed by atoms with Gasteiger partial charge in [-0.1, -0.05) is 18.2 Å². The summed E-state index contributed by atoms with van der Waals surface area (Å²) in [5.74, 6) is 0.285. The van der Waals surface area contributed by atoms with Crippen molar-refractivity contribution in [1.29, 1.82) is 0 Å². The molecule has 0 bridgehead atoms.